The third-order valence-electron chi connectivity index (χ3n) is 4.21. The van der Waals surface area contributed by atoms with E-state index in [4.69, 9.17) is 0 Å². The maximum Gasteiger partial charge on any atom is 0.224 e. The number of aromatic nitrogens is 2. The summed E-state index contributed by atoms with van der Waals surface area (Å²) in [6, 6.07) is 6.39. The lowest BCUT2D eigenvalue weighted by Gasteiger charge is -2.17. The molecule has 1 N–H and O–H groups in total. The summed E-state index contributed by atoms with van der Waals surface area (Å²) in [6.07, 6.45) is 0. The van der Waals surface area contributed by atoms with E-state index in [1.165, 1.54) is 12.1 Å². The van der Waals surface area contributed by atoms with E-state index in [2.05, 4.69) is 26.3 Å². The number of benzene rings is 1. The van der Waals surface area contributed by atoms with Gasteiger partial charge in [-0.2, -0.15) is 5.10 Å². The van der Waals surface area contributed by atoms with Crippen LogP contribution in [0, 0.1) is 25.6 Å². The van der Waals surface area contributed by atoms with E-state index >= 15 is 0 Å². The highest BCUT2D eigenvalue weighted by Gasteiger charge is 2.18. The molecule has 6 heteroatoms. The van der Waals surface area contributed by atoms with Gasteiger partial charge in [0.05, 0.1) is 22.6 Å². The standard InChI is InChI=1S/C18H23BrFN3O/c1-11(15-5-7-16(20)8-6-15)9-21-18(24)12(2)10-23-14(4)17(19)13(3)22-23/h5-8,11-12H,9-10H2,1-4H3,(H,21,24). The van der Waals surface area contributed by atoms with Crippen molar-refractivity contribution in [3.63, 3.8) is 0 Å². The Balaban J connectivity index is 1.89. The summed E-state index contributed by atoms with van der Waals surface area (Å²) in [5, 5.41) is 7.41. The first kappa shape index (κ1) is 18.6. The lowest BCUT2D eigenvalue weighted by molar-refractivity contribution is -0.125. The van der Waals surface area contributed by atoms with Crippen LogP contribution in [0.3, 0.4) is 0 Å². The molecule has 0 bridgehead atoms. The number of rotatable bonds is 6. The second-order valence-electron chi connectivity index (χ2n) is 6.27. The molecule has 0 spiro atoms. The molecular weight excluding hydrogens is 373 g/mol. The molecule has 1 heterocycles. The number of aryl methyl sites for hydroxylation is 1. The molecule has 2 atom stereocenters. The minimum atomic E-state index is -0.250. The second kappa shape index (κ2) is 7.92. The number of carbonyl (C=O) groups excluding carboxylic acids is 1. The molecule has 0 saturated heterocycles. The Morgan fingerprint density at radius 2 is 1.92 bits per heavy atom. The lowest BCUT2D eigenvalue weighted by Crippen LogP contribution is -2.34. The van der Waals surface area contributed by atoms with Crippen molar-refractivity contribution in [2.75, 3.05) is 6.54 Å². The van der Waals surface area contributed by atoms with Gasteiger partial charge in [0.2, 0.25) is 5.91 Å². The number of nitrogens with one attached hydrogen (secondary N) is 1. The van der Waals surface area contributed by atoms with Gasteiger partial charge in [0, 0.05) is 12.2 Å². The minimum absolute atomic E-state index is 0.00682. The molecule has 4 nitrogen and oxygen atoms in total. The van der Waals surface area contributed by atoms with Gasteiger partial charge < -0.3 is 5.32 Å². The molecule has 0 fully saturated rings. The number of carbonyl (C=O) groups is 1. The maximum atomic E-state index is 13.0. The first-order chi connectivity index (χ1) is 11.3. The zero-order chi connectivity index (χ0) is 17.9. The van der Waals surface area contributed by atoms with Crippen LogP contribution in [-0.2, 0) is 11.3 Å². The third kappa shape index (κ3) is 4.44. The fourth-order valence-corrected chi connectivity index (χ4v) is 2.82. The molecule has 0 aliphatic carbocycles. The first-order valence-corrected chi connectivity index (χ1v) is 8.81. The molecule has 1 aromatic heterocycles. The molecule has 0 saturated carbocycles. The second-order valence-corrected chi connectivity index (χ2v) is 7.06. The lowest BCUT2D eigenvalue weighted by atomic mass is 10.0. The van der Waals surface area contributed by atoms with E-state index in [0.717, 1.165) is 21.4 Å². The van der Waals surface area contributed by atoms with E-state index in [9.17, 15) is 9.18 Å². The van der Waals surface area contributed by atoms with E-state index in [1.807, 2.05) is 32.4 Å². The quantitative estimate of drug-likeness (QED) is 0.804. The molecule has 130 valence electrons. The highest BCUT2D eigenvalue weighted by atomic mass is 79.9. The molecule has 24 heavy (non-hydrogen) atoms. The van der Waals surface area contributed by atoms with Crippen molar-refractivity contribution in [1.82, 2.24) is 15.1 Å². The average molecular weight is 396 g/mol. The zero-order valence-electron chi connectivity index (χ0n) is 14.4. The predicted octanol–water partition coefficient (Wildman–Crippen LogP) is 3.96. The average Bonchev–Trinajstić information content (AvgIpc) is 2.80. The topological polar surface area (TPSA) is 46.9 Å². The van der Waals surface area contributed by atoms with Crippen molar-refractivity contribution in [2.45, 2.75) is 40.2 Å². The summed E-state index contributed by atoms with van der Waals surface area (Å²) in [5.41, 5.74) is 2.95. The number of halogens is 2. The van der Waals surface area contributed by atoms with Gasteiger partial charge >= 0.3 is 0 Å². The molecule has 2 rings (SSSR count). The van der Waals surface area contributed by atoms with Crippen molar-refractivity contribution in [3.05, 3.63) is 51.5 Å². The molecule has 2 unspecified atom stereocenters. The molecule has 2 aromatic rings. The fourth-order valence-electron chi connectivity index (χ4n) is 2.53. The molecule has 0 radical (unpaired) electrons. The first-order valence-electron chi connectivity index (χ1n) is 8.02. The Kier molecular flexibility index (Phi) is 6.15. The number of nitrogens with zero attached hydrogens (tertiary/aromatic N) is 2. The maximum absolute atomic E-state index is 13.0. The van der Waals surface area contributed by atoms with Gasteiger partial charge in [-0.25, -0.2) is 4.39 Å². The highest BCUT2D eigenvalue weighted by Crippen LogP contribution is 2.20. The number of amides is 1. The number of hydrogen-bond acceptors (Lipinski definition) is 2. The van der Waals surface area contributed by atoms with Crippen LogP contribution < -0.4 is 5.32 Å². The summed E-state index contributed by atoms with van der Waals surface area (Å²) >= 11 is 3.50. The van der Waals surface area contributed by atoms with Crippen molar-refractivity contribution in [3.8, 4) is 0 Å². The van der Waals surface area contributed by atoms with Gasteiger partial charge in [-0.15, -0.1) is 0 Å². The third-order valence-corrected chi connectivity index (χ3v) is 5.36. The van der Waals surface area contributed by atoms with Gasteiger partial charge in [0.25, 0.3) is 0 Å². The van der Waals surface area contributed by atoms with E-state index < -0.39 is 0 Å². The SMILES string of the molecule is Cc1nn(CC(C)C(=O)NCC(C)c2ccc(F)cc2)c(C)c1Br. The Morgan fingerprint density at radius 3 is 2.46 bits per heavy atom. The predicted molar refractivity (Wildman–Crippen MR) is 96.4 cm³/mol. The summed E-state index contributed by atoms with van der Waals surface area (Å²) in [4.78, 5) is 12.3. The van der Waals surface area contributed by atoms with Crippen molar-refractivity contribution >= 4 is 21.8 Å². The fraction of sp³-hybridized carbons (Fsp3) is 0.444. The Hall–Kier alpha value is -1.69. The van der Waals surface area contributed by atoms with Crippen LogP contribution in [-0.4, -0.2) is 22.2 Å². The minimum Gasteiger partial charge on any atom is -0.355 e. The smallest absolute Gasteiger partial charge is 0.224 e. The summed E-state index contributed by atoms with van der Waals surface area (Å²) < 4.78 is 15.8. The summed E-state index contributed by atoms with van der Waals surface area (Å²) in [6.45, 7) is 8.87. The van der Waals surface area contributed by atoms with E-state index in [1.54, 1.807) is 12.1 Å². The van der Waals surface area contributed by atoms with Crippen molar-refractivity contribution in [1.29, 1.82) is 0 Å². The van der Waals surface area contributed by atoms with Crippen molar-refractivity contribution in [2.24, 2.45) is 5.92 Å². The highest BCUT2D eigenvalue weighted by molar-refractivity contribution is 9.10. The monoisotopic (exact) mass is 395 g/mol. The number of hydrogen-bond donors (Lipinski definition) is 1. The van der Waals surface area contributed by atoms with Crippen molar-refractivity contribution < 1.29 is 9.18 Å². The van der Waals surface area contributed by atoms with Gasteiger partial charge in [-0.3, -0.25) is 9.48 Å². The van der Waals surface area contributed by atoms with E-state index in [-0.39, 0.29) is 23.6 Å². The summed E-state index contributed by atoms with van der Waals surface area (Å²) in [5.74, 6) is -0.313. The van der Waals surface area contributed by atoms with Gasteiger partial charge in [0.1, 0.15) is 5.82 Å². The van der Waals surface area contributed by atoms with Crippen LogP contribution in [0.2, 0.25) is 0 Å². The van der Waals surface area contributed by atoms with Gasteiger partial charge in [-0.05, 0) is 53.4 Å². The molecular formula is C18H23BrFN3O. The Bertz CT molecular complexity index is 712. The normalized spacial score (nSPS) is 13.6. The van der Waals surface area contributed by atoms with Crippen LogP contribution in [0.4, 0.5) is 4.39 Å². The molecule has 1 amide bonds. The van der Waals surface area contributed by atoms with Crippen LogP contribution in [0.15, 0.2) is 28.7 Å². The molecule has 0 aliphatic rings. The molecule has 0 aliphatic heterocycles. The van der Waals surface area contributed by atoms with Crippen LogP contribution >= 0.6 is 15.9 Å². The van der Waals surface area contributed by atoms with Gasteiger partial charge in [-0.1, -0.05) is 26.0 Å². The van der Waals surface area contributed by atoms with E-state index in [0.29, 0.717) is 13.1 Å². The largest absolute Gasteiger partial charge is 0.355 e. The van der Waals surface area contributed by atoms with Crippen LogP contribution in [0.25, 0.3) is 0 Å². The van der Waals surface area contributed by atoms with Crippen LogP contribution in [0.5, 0.6) is 0 Å². The van der Waals surface area contributed by atoms with Crippen LogP contribution in [0.1, 0.15) is 36.7 Å². The Labute approximate surface area is 150 Å². The zero-order valence-corrected chi connectivity index (χ0v) is 16.0. The van der Waals surface area contributed by atoms with Gasteiger partial charge in [0.15, 0.2) is 0 Å². The molecule has 1 aromatic carbocycles. The Morgan fingerprint density at radius 1 is 1.29 bits per heavy atom. The summed E-state index contributed by atoms with van der Waals surface area (Å²) in [7, 11) is 0.